The Kier molecular flexibility index (Phi) is 6.10. The van der Waals surface area contributed by atoms with Gasteiger partial charge >= 0.3 is 0 Å². The molecular formula is C27H26N4O3. The first kappa shape index (κ1) is 21.9. The number of hydrogen-bond acceptors (Lipinski definition) is 6. The maximum Gasteiger partial charge on any atom is 0.263 e. The molecule has 2 aromatic carbocycles. The number of aryl methyl sites for hydroxylation is 2. The van der Waals surface area contributed by atoms with Gasteiger partial charge in [0.1, 0.15) is 11.3 Å². The summed E-state index contributed by atoms with van der Waals surface area (Å²) in [6.07, 6.45) is 4.48. The van der Waals surface area contributed by atoms with E-state index in [-0.39, 0.29) is 5.78 Å². The lowest BCUT2D eigenvalue weighted by Crippen LogP contribution is -2.17. The highest BCUT2D eigenvalue weighted by molar-refractivity contribution is 6.10. The van der Waals surface area contributed by atoms with Crippen LogP contribution in [0.1, 0.15) is 33.9 Å². The number of carbonyl (C=O) groups is 1. The Hall–Kier alpha value is -3.97. The molecule has 0 saturated heterocycles. The Morgan fingerprint density at radius 1 is 1.12 bits per heavy atom. The zero-order valence-corrected chi connectivity index (χ0v) is 19.2. The van der Waals surface area contributed by atoms with Crippen molar-refractivity contribution in [1.29, 1.82) is 0 Å². The number of rotatable bonds is 9. The van der Waals surface area contributed by atoms with Gasteiger partial charge in [0.15, 0.2) is 11.6 Å². The van der Waals surface area contributed by atoms with Crippen LogP contribution in [-0.4, -0.2) is 33.5 Å². The van der Waals surface area contributed by atoms with E-state index in [9.17, 15) is 4.79 Å². The third-order valence-electron chi connectivity index (χ3n) is 5.92. The number of ether oxygens (including phenoxy) is 1. The van der Waals surface area contributed by atoms with Crippen molar-refractivity contribution in [3.05, 3.63) is 89.7 Å². The number of para-hydroxylation sites is 2. The molecule has 0 unspecified atom stereocenters. The Labute approximate surface area is 197 Å². The molecule has 0 bridgehead atoms. The molecule has 0 radical (unpaired) electrons. The quantitative estimate of drug-likeness (QED) is 0.254. The minimum absolute atomic E-state index is 0.238. The van der Waals surface area contributed by atoms with Crippen molar-refractivity contribution in [3.63, 3.8) is 0 Å². The fraction of sp³-hybridized carbons (Fsp3) is 0.222. The molecule has 0 aliphatic heterocycles. The van der Waals surface area contributed by atoms with Crippen molar-refractivity contribution in [2.24, 2.45) is 7.05 Å². The average molecular weight is 455 g/mol. The van der Waals surface area contributed by atoms with E-state index in [0.717, 1.165) is 52.8 Å². The molecule has 172 valence electrons. The molecule has 7 heteroatoms. The molecular weight excluding hydrogens is 428 g/mol. The molecule has 0 saturated carbocycles. The van der Waals surface area contributed by atoms with Crippen molar-refractivity contribution in [2.75, 3.05) is 13.2 Å². The zero-order chi connectivity index (χ0) is 23.5. The third-order valence-corrected chi connectivity index (χ3v) is 5.92. The summed E-state index contributed by atoms with van der Waals surface area (Å²) in [6, 6.07) is 17.3. The van der Waals surface area contributed by atoms with E-state index in [2.05, 4.69) is 15.3 Å². The Bertz CT molecular complexity index is 1450. The number of nitrogens with one attached hydrogen (secondary N) is 1. The van der Waals surface area contributed by atoms with Crippen LogP contribution in [0.5, 0.6) is 5.75 Å². The smallest absolute Gasteiger partial charge is 0.263 e. The number of carbonyl (C=O) groups excluding carboxylic acids is 1. The SMILES string of the molecule is Cc1c(C(=O)c2nc3ccccc3n2C)oc2cccc(OCCCNCc3cccnc3)c12. The first-order valence-electron chi connectivity index (χ1n) is 11.3. The van der Waals surface area contributed by atoms with Gasteiger partial charge in [-0.15, -0.1) is 0 Å². The number of pyridine rings is 1. The van der Waals surface area contributed by atoms with E-state index in [1.807, 2.05) is 74.8 Å². The fourth-order valence-corrected chi connectivity index (χ4v) is 4.17. The molecule has 0 aliphatic rings. The van der Waals surface area contributed by atoms with Gasteiger partial charge in [-0.25, -0.2) is 4.98 Å². The van der Waals surface area contributed by atoms with Crippen LogP contribution in [0.25, 0.3) is 22.0 Å². The van der Waals surface area contributed by atoms with Crippen LogP contribution < -0.4 is 10.1 Å². The topological polar surface area (TPSA) is 82.2 Å². The van der Waals surface area contributed by atoms with Crippen LogP contribution in [0.2, 0.25) is 0 Å². The number of imidazole rings is 1. The number of furan rings is 1. The molecule has 5 aromatic rings. The van der Waals surface area contributed by atoms with E-state index >= 15 is 0 Å². The monoisotopic (exact) mass is 454 g/mol. The maximum atomic E-state index is 13.4. The van der Waals surface area contributed by atoms with E-state index in [1.165, 1.54) is 0 Å². The summed E-state index contributed by atoms with van der Waals surface area (Å²) in [4.78, 5) is 22.0. The van der Waals surface area contributed by atoms with E-state index < -0.39 is 0 Å². The molecule has 5 rings (SSSR count). The van der Waals surface area contributed by atoms with Gasteiger partial charge in [0, 0.05) is 31.5 Å². The molecule has 1 N–H and O–H groups in total. The number of nitrogens with zero attached hydrogens (tertiary/aromatic N) is 3. The van der Waals surface area contributed by atoms with Gasteiger partial charge in [-0.2, -0.15) is 0 Å². The van der Waals surface area contributed by atoms with Crippen LogP contribution in [0.15, 0.2) is 71.4 Å². The van der Waals surface area contributed by atoms with Crippen LogP contribution in [-0.2, 0) is 13.6 Å². The largest absolute Gasteiger partial charge is 0.493 e. The summed E-state index contributed by atoms with van der Waals surface area (Å²) in [5.41, 5.74) is 4.23. The lowest BCUT2D eigenvalue weighted by molar-refractivity contribution is 0.0998. The average Bonchev–Trinajstić information content (AvgIpc) is 3.39. The van der Waals surface area contributed by atoms with Gasteiger partial charge in [0.05, 0.1) is 23.0 Å². The summed E-state index contributed by atoms with van der Waals surface area (Å²) in [6.45, 7) is 4.05. The Morgan fingerprint density at radius 2 is 2.00 bits per heavy atom. The molecule has 0 spiro atoms. The van der Waals surface area contributed by atoms with Crippen LogP contribution in [0.4, 0.5) is 0 Å². The Morgan fingerprint density at radius 3 is 2.82 bits per heavy atom. The van der Waals surface area contributed by atoms with Crippen molar-refractivity contribution in [1.82, 2.24) is 19.9 Å². The molecule has 3 heterocycles. The highest BCUT2D eigenvalue weighted by Gasteiger charge is 2.25. The number of hydrogen-bond donors (Lipinski definition) is 1. The molecule has 0 amide bonds. The van der Waals surface area contributed by atoms with Crippen LogP contribution in [0, 0.1) is 6.92 Å². The normalized spacial score (nSPS) is 11.4. The lowest BCUT2D eigenvalue weighted by Gasteiger charge is -2.08. The number of aromatic nitrogens is 3. The fourth-order valence-electron chi connectivity index (χ4n) is 4.17. The van der Waals surface area contributed by atoms with Crippen LogP contribution in [0.3, 0.4) is 0 Å². The number of fused-ring (bicyclic) bond motifs is 2. The van der Waals surface area contributed by atoms with Gasteiger partial charge in [-0.05, 0) is 55.8 Å². The highest BCUT2D eigenvalue weighted by Crippen LogP contribution is 2.34. The summed E-state index contributed by atoms with van der Waals surface area (Å²) < 4.78 is 13.9. The van der Waals surface area contributed by atoms with Gasteiger partial charge in [0.25, 0.3) is 5.78 Å². The van der Waals surface area contributed by atoms with Gasteiger partial charge in [-0.1, -0.05) is 24.3 Å². The summed E-state index contributed by atoms with van der Waals surface area (Å²) in [5.74, 6) is 1.13. The van der Waals surface area contributed by atoms with Crippen molar-refractivity contribution < 1.29 is 13.9 Å². The predicted octanol–water partition coefficient (Wildman–Crippen LogP) is 4.81. The summed E-state index contributed by atoms with van der Waals surface area (Å²) >= 11 is 0. The van der Waals surface area contributed by atoms with Crippen molar-refractivity contribution >= 4 is 27.8 Å². The molecule has 7 nitrogen and oxygen atoms in total. The molecule has 0 atom stereocenters. The van der Waals surface area contributed by atoms with E-state index in [4.69, 9.17) is 9.15 Å². The summed E-state index contributed by atoms with van der Waals surface area (Å²) in [7, 11) is 1.84. The van der Waals surface area contributed by atoms with E-state index in [1.54, 1.807) is 10.8 Å². The molecule has 34 heavy (non-hydrogen) atoms. The lowest BCUT2D eigenvalue weighted by atomic mass is 10.1. The predicted molar refractivity (Wildman–Crippen MR) is 131 cm³/mol. The second kappa shape index (κ2) is 9.49. The Balaban J connectivity index is 1.29. The van der Waals surface area contributed by atoms with Crippen molar-refractivity contribution in [2.45, 2.75) is 19.9 Å². The van der Waals surface area contributed by atoms with Crippen molar-refractivity contribution in [3.8, 4) is 5.75 Å². The van der Waals surface area contributed by atoms with Crippen LogP contribution >= 0.6 is 0 Å². The zero-order valence-electron chi connectivity index (χ0n) is 19.2. The van der Waals surface area contributed by atoms with Gasteiger partial charge < -0.3 is 19.0 Å². The molecule has 3 aromatic heterocycles. The highest BCUT2D eigenvalue weighted by atomic mass is 16.5. The number of benzene rings is 2. The minimum Gasteiger partial charge on any atom is -0.493 e. The second-order valence-corrected chi connectivity index (χ2v) is 8.24. The third kappa shape index (κ3) is 4.18. The van der Waals surface area contributed by atoms with Gasteiger partial charge in [-0.3, -0.25) is 9.78 Å². The standard InChI is InChI=1S/C27H26N4O3/c1-18-24-22(33-15-7-14-29-17-19-8-6-13-28-16-19)11-5-12-23(24)34-26(18)25(32)27-30-20-9-3-4-10-21(20)31(27)2/h3-6,8-13,16,29H,7,14-15,17H2,1-2H3. The van der Waals surface area contributed by atoms with E-state index in [0.29, 0.717) is 23.8 Å². The first-order valence-corrected chi connectivity index (χ1v) is 11.3. The maximum absolute atomic E-state index is 13.4. The first-order chi connectivity index (χ1) is 16.6. The second-order valence-electron chi connectivity index (χ2n) is 8.24. The minimum atomic E-state index is -0.238. The summed E-state index contributed by atoms with van der Waals surface area (Å²) in [5, 5.41) is 4.22. The number of ketones is 1. The van der Waals surface area contributed by atoms with Gasteiger partial charge in [0.2, 0.25) is 0 Å². The molecule has 0 aliphatic carbocycles. The molecule has 0 fully saturated rings.